The van der Waals surface area contributed by atoms with Crippen LogP contribution < -0.4 is 11.2 Å². The van der Waals surface area contributed by atoms with E-state index < -0.39 is 10.9 Å². The molecule has 20 heavy (non-hydrogen) atoms. The van der Waals surface area contributed by atoms with Gasteiger partial charge in [-0.1, -0.05) is 11.6 Å². The summed E-state index contributed by atoms with van der Waals surface area (Å²) in [5.41, 5.74) is 7.44. The number of nitro groups is 1. The quantitative estimate of drug-likeness (QED) is 0.284. The predicted molar refractivity (Wildman–Crippen MR) is 74.1 cm³/mol. The molecule has 10 heteroatoms. The van der Waals surface area contributed by atoms with Gasteiger partial charge in [0.15, 0.2) is 0 Å². The van der Waals surface area contributed by atoms with Gasteiger partial charge in [0, 0.05) is 29.6 Å². The third-order valence-electron chi connectivity index (χ3n) is 1.58. The number of carboxylic acid groups (broad SMARTS) is 1. The second-order valence-corrected chi connectivity index (χ2v) is 3.67. The highest BCUT2D eigenvalue weighted by Gasteiger charge is 2.07. The van der Waals surface area contributed by atoms with Crippen molar-refractivity contribution in [1.82, 2.24) is 5.43 Å². The zero-order valence-corrected chi connectivity index (χ0v) is 11.1. The van der Waals surface area contributed by atoms with Crippen LogP contribution in [0.1, 0.15) is 12.5 Å². The lowest BCUT2D eigenvalue weighted by Crippen LogP contribution is -2.25. The SMILES string of the molecule is CC(=O)O.N=C(N)NN=Cc1cc([N+](=O)[O-])ccc1Cl. The lowest BCUT2D eigenvalue weighted by atomic mass is 10.2. The maximum Gasteiger partial charge on any atom is 0.300 e. The number of rotatable bonds is 3. The summed E-state index contributed by atoms with van der Waals surface area (Å²) in [5, 5.41) is 28.6. The number of aliphatic carboxylic acids is 1. The fourth-order valence-corrected chi connectivity index (χ4v) is 1.08. The molecular formula is C10H12ClN5O4. The summed E-state index contributed by atoms with van der Waals surface area (Å²) in [6.07, 6.45) is 1.25. The van der Waals surface area contributed by atoms with Crippen LogP contribution in [0, 0.1) is 15.5 Å². The highest BCUT2D eigenvalue weighted by Crippen LogP contribution is 2.20. The molecule has 0 aromatic heterocycles. The number of nitro benzene ring substituents is 1. The van der Waals surface area contributed by atoms with Crippen molar-refractivity contribution in [1.29, 1.82) is 5.41 Å². The van der Waals surface area contributed by atoms with Crippen molar-refractivity contribution in [2.24, 2.45) is 10.8 Å². The number of hydrogen-bond donors (Lipinski definition) is 4. The molecule has 0 aliphatic heterocycles. The number of guanidine groups is 1. The van der Waals surface area contributed by atoms with E-state index in [0.717, 1.165) is 6.92 Å². The molecule has 0 saturated carbocycles. The van der Waals surface area contributed by atoms with E-state index in [9.17, 15) is 10.1 Å². The van der Waals surface area contributed by atoms with Crippen molar-refractivity contribution in [3.63, 3.8) is 0 Å². The van der Waals surface area contributed by atoms with Crippen molar-refractivity contribution in [3.8, 4) is 0 Å². The first-order valence-electron chi connectivity index (χ1n) is 5.00. The number of hydrogen-bond acceptors (Lipinski definition) is 5. The zero-order chi connectivity index (χ0) is 15.7. The number of carbonyl (C=O) groups is 1. The Morgan fingerprint density at radius 1 is 1.65 bits per heavy atom. The Morgan fingerprint density at radius 3 is 2.65 bits per heavy atom. The first kappa shape index (κ1) is 17.3. The largest absolute Gasteiger partial charge is 0.481 e. The van der Waals surface area contributed by atoms with E-state index in [4.69, 9.17) is 32.6 Å². The Balaban J connectivity index is 0.000000796. The van der Waals surface area contributed by atoms with E-state index in [1.165, 1.54) is 24.4 Å². The van der Waals surface area contributed by atoms with Crippen LogP contribution in [0.25, 0.3) is 0 Å². The van der Waals surface area contributed by atoms with Crippen molar-refractivity contribution < 1.29 is 14.8 Å². The molecule has 0 radical (unpaired) electrons. The Labute approximate surface area is 118 Å². The van der Waals surface area contributed by atoms with Crippen LogP contribution in [0.3, 0.4) is 0 Å². The zero-order valence-electron chi connectivity index (χ0n) is 10.3. The first-order chi connectivity index (χ1) is 9.23. The summed E-state index contributed by atoms with van der Waals surface area (Å²) < 4.78 is 0. The van der Waals surface area contributed by atoms with Crippen LogP contribution in [0.5, 0.6) is 0 Å². The number of nitrogens with zero attached hydrogens (tertiary/aromatic N) is 2. The van der Waals surface area contributed by atoms with Gasteiger partial charge in [-0.05, 0) is 6.07 Å². The van der Waals surface area contributed by atoms with Gasteiger partial charge in [-0.3, -0.25) is 20.3 Å². The summed E-state index contributed by atoms with van der Waals surface area (Å²) in [6.45, 7) is 1.08. The first-order valence-corrected chi connectivity index (χ1v) is 5.38. The smallest absolute Gasteiger partial charge is 0.300 e. The average Bonchev–Trinajstić information content (AvgIpc) is 2.30. The molecule has 0 atom stereocenters. The number of nitrogens with one attached hydrogen (secondary N) is 2. The number of benzene rings is 1. The molecule has 1 rings (SSSR count). The molecule has 0 amide bonds. The van der Waals surface area contributed by atoms with Crippen molar-refractivity contribution >= 4 is 35.4 Å². The van der Waals surface area contributed by atoms with Gasteiger partial charge in [0.05, 0.1) is 11.1 Å². The van der Waals surface area contributed by atoms with E-state index in [2.05, 4.69) is 10.5 Å². The topological polar surface area (TPSA) is 155 Å². The van der Waals surface area contributed by atoms with Crippen molar-refractivity contribution in [3.05, 3.63) is 38.9 Å². The van der Waals surface area contributed by atoms with Gasteiger partial charge < -0.3 is 10.8 Å². The number of non-ortho nitro benzene ring substituents is 1. The number of hydrazone groups is 1. The molecule has 0 fully saturated rings. The summed E-state index contributed by atoms with van der Waals surface area (Å²) in [4.78, 5) is 19.0. The standard InChI is InChI=1S/C8H8ClN5O2.C2H4O2/c9-7-2-1-6(14(15)16)3-5(7)4-12-13-8(10)11;1-2(3)4/h1-4H,(H4,10,11,13);1H3,(H,3,4). The Bertz CT molecular complexity index is 542. The van der Waals surface area contributed by atoms with Gasteiger partial charge >= 0.3 is 0 Å². The minimum absolute atomic E-state index is 0.0892. The molecule has 0 spiro atoms. The maximum atomic E-state index is 10.5. The van der Waals surface area contributed by atoms with Crippen LogP contribution in [-0.2, 0) is 4.79 Å². The molecule has 1 aromatic carbocycles. The molecule has 0 aliphatic rings. The fraction of sp³-hybridized carbons (Fsp3) is 0.100. The van der Waals surface area contributed by atoms with Gasteiger partial charge in [-0.25, -0.2) is 5.43 Å². The van der Waals surface area contributed by atoms with Crippen LogP contribution in [0.2, 0.25) is 5.02 Å². The lowest BCUT2D eigenvalue weighted by molar-refractivity contribution is -0.384. The second kappa shape index (κ2) is 8.43. The molecule has 0 unspecified atom stereocenters. The van der Waals surface area contributed by atoms with E-state index in [0.29, 0.717) is 10.6 Å². The molecular weight excluding hydrogens is 290 g/mol. The second-order valence-electron chi connectivity index (χ2n) is 3.27. The normalized spacial score (nSPS) is 9.50. The molecule has 0 heterocycles. The molecule has 0 aliphatic carbocycles. The van der Waals surface area contributed by atoms with Crippen molar-refractivity contribution in [2.45, 2.75) is 6.92 Å². The van der Waals surface area contributed by atoms with E-state index >= 15 is 0 Å². The number of halogens is 1. The fourth-order valence-electron chi connectivity index (χ4n) is 0.915. The van der Waals surface area contributed by atoms with Gasteiger partial charge in [0.1, 0.15) is 0 Å². The Morgan fingerprint density at radius 2 is 2.20 bits per heavy atom. The Kier molecular flexibility index (Phi) is 7.30. The minimum Gasteiger partial charge on any atom is -0.481 e. The van der Waals surface area contributed by atoms with Gasteiger partial charge in [-0.15, -0.1) is 0 Å². The molecule has 9 nitrogen and oxygen atoms in total. The minimum atomic E-state index is -0.833. The van der Waals surface area contributed by atoms with E-state index in [1.807, 2.05) is 0 Å². The van der Waals surface area contributed by atoms with E-state index in [-0.39, 0.29) is 11.6 Å². The third kappa shape index (κ3) is 7.61. The average molecular weight is 302 g/mol. The summed E-state index contributed by atoms with van der Waals surface area (Å²) >= 11 is 5.79. The van der Waals surface area contributed by atoms with Crippen molar-refractivity contribution in [2.75, 3.05) is 0 Å². The highest BCUT2D eigenvalue weighted by molar-refractivity contribution is 6.33. The van der Waals surface area contributed by atoms with Gasteiger partial charge in [-0.2, -0.15) is 5.10 Å². The molecule has 5 N–H and O–H groups in total. The number of nitrogens with two attached hydrogens (primary N) is 1. The predicted octanol–water partition coefficient (Wildman–Crippen LogP) is 1.16. The maximum absolute atomic E-state index is 10.5. The monoisotopic (exact) mass is 301 g/mol. The summed E-state index contributed by atoms with van der Waals surface area (Å²) in [7, 11) is 0. The van der Waals surface area contributed by atoms with Crippen LogP contribution in [-0.4, -0.2) is 28.2 Å². The van der Waals surface area contributed by atoms with Gasteiger partial charge in [0.2, 0.25) is 5.96 Å². The summed E-state index contributed by atoms with van der Waals surface area (Å²) in [5.74, 6) is -1.17. The number of carboxylic acids is 1. The molecule has 0 bridgehead atoms. The van der Waals surface area contributed by atoms with Gasteiger partial charge in [0.25, 0.3) is 11.7 Å². The van der Waals surface area contributed by atoms with E-state index in [1.54, 1.807) is 0 Å². The summed E-state index contributed by atoms with van der Waals surface area (Å²) in [6, 6.07) is 3.96. The molecule has 108 valence electrons. The Hall–Kier alpha value is -2.68. The molecule has 1 aromatic rings. The molecule has 0 saturated heterocycles. The third-order valence-corrected chi connectivity index (χ3v) is 1.92. The van der Waals surface area contributed by atoms with Crippen LogP contribution in [0.15, 0.2) is 23.3 Å². The van der Waals surface area contributed by atoms with Crippen LogP contribution >= 0.6 is 11.6 Å². The highest BCUT2D eigenvalue weighted by atomic mass is 35.5. The van der Waals surface area contributed by atoms with Crippen LogP contribution in [0.4, 0.5) is 5.69 Å². The lowest BCUT2D eigenvalue weighted by Gasteiger charge is -1.98.